The molecule has 21 heavy (non-hydrogen) atoms. The number of benzene rings is 1. The smallest absolute Gasteiger partial charge is 0.314 e. The highest BCUT2D eigenvalue weighted by molar-refractivity contribution is 7.08. The van der Waals surface area contributed by atoms with Crippen molar-refractivity contribution < 1.29 is 4.79 Å². The molecule has 0 aliphatic heterocycles. The first kappa shape index (κ1) is 15.5. The third-order valence-electron chi connectivity index (χ3n) is 3.18. The van der Waals surface area contributed by atoms with Crippen LogP contribution in [-0.2, 0) is 6.54 Å². The Labute approximate surface area is 129 Å². The lowest BCUT2D eigenvalue weighted by Gasteiger charge is -2.07. The van der Waals surface area contributed by atoms with Gasteiger partial charge in [0.25, 0.3) is 0 Å². The van der Waals surface area contributed by atoms with Crippen LogP contribution < -0.4 is 16.0 Å². The zero-order valence-corrected chi connectivity index (χ0v) is 13.0. The van der Waals surface area contributed by atoms with Gasteiger partial charge in [-0.15, -0.1) is 0 Å². The van der Waals surface area contributed by atoms with E-state index in [2.05, 4.69) is 57.0 Å². The molecular formula is C16H21N3OS. The van der Waals surface area contributed by atoms with Crippen molar-refractivity contribution >= 4 is 17.4 Å². The first-order valence-electron chi connectivity index (χ1n) is 7.07. The lowest BCUT2D eigenvalue weighted by Crippen LogP contribution is -2.34. The molecule has 0 spiro atoms. The van der Waals surface area contributed by atoms with Crippen LogP contribution in [0, 0.1) is 0 Å². The Bertz CT molecular complexity index is 537. The summed E-state index contributed by atoms with van der Waals surface area (Å²) in [6, 6.07) is 10.6. The third-order valence-corrected chi connectivity index (χ3v) is 3.86. The van der Waals surface area contributed by atoms with Crippen LogP contribution in [0.1, 0.15) is 12.0 Å². The molecule has 0 saturated heterocycles. The summed E-state index contributed by atoms with van der Waals surface area (Å²) in [5.41, 5.74) is 3.81. The molecule has 0 radical (unpaired) electrons. The van der Waals surface area contributed by atoms with E-state index in [1.165, 1.54) is 16.7 Å². The summed E-state index contributed by atoms with van der Waals surface area (Å²) in [6.07, 6.45) is 0.917. The molecule has 2 aromatic rings. The Balaban J connectivity index is 1.66. The predicted molar refractivity (Wildman–Crippen MR) is 88.5 cm³/mol. The van der Waals surface area contributed by atoms with Crippen LogP contribution in [0.25, 0.3) is 11.1 Å². The number of carbonyl (C=O) groups is 1. The molecule has 0 aliphatic carbocycles. The van der Waals surface area contributed by atoms with Gasteiger partial charge in [-0.3, -0.25) is 0 Å². The van der Waals surface area contributed by atoms with Gasteiger partial charge in [0.15, 0.2) is 0 Å². The molecule has 112 valence electrons. The van der Waals surface area contributed by atoms with Crippen LogP contribution in [0.4, 0.5) is 4.79 Å². The van der Waals surface area contributed by atoms with Crippen LogP contribution in [0.2, 0.25) is 0 Å². The highest BCUT2D eigenvalue weighted by Crippen LogP contribution is 2.22. The van der Waals surface area contributed by atoms with Crippen molar-refractivity contribution in [2.24, 2.45) is 0 Å². The zero-order valence-electron chi connectivity index (χ0n) is 12.2. The largest absolute Gasteiger partial charge is 0.341 e. The first-order valence-corrected chi connectivity index (χ1v) is 8.01. The highest BCUT2D eigenvalue weighted by Gasteiger charge is 1.99. The van der Waals surface area contributed by atoms with E-state index in [1.807, 2.05) is 0 Å². The van der Waals surface area contributed by atoms with Gasteiger partial charge in [-0.05, 0) is 46.5 Å². The van der Waals surface area contributed by atoms with Crippen LogP contribution in [0.15, 0.2) is 41.1 Å². The lowest BCUT2D eigenvalue weighted by atomic mass is 10.1. The van der Waals surface area contributed by atoms with E-state index in [-0.39, 0.29) is 6.03 Å². The molecule has 1 aromatic carbocycles. The molecule has 2 rings (SSSR count). The Morgan fingerprint density at radius 2 is 1.90 bits per heavy atom. The number of urea groups is 1. The average molecular weight is 303 g/mol. The quantitative estimate of drug-likeness (QED) is 0.689. The maximum absolute atomic E-state index is 11.0. The maximum atomic E-state index is 11.0. The summed E-state index contributed by atoms with van der Waals surface area (Å²) in [5, 5.41) is 12.9. The first-order chi connectivity index (χ1) is 10.3. The number of thiophene rings is 1. The van der Waals surface area contributed by atoms with E-state index in [1.54, 1.807) is 18.4 Å². The number of rotatable bonds is 7. The second-order valence-electron chi connectivity index (χ2n) is 4.75. The van der Waals surface area contributed by atoms with E-state index < -0.39 is 0 Å². The van der Waals surface area contributed by atoms with Gasteiger partial charge < -0.3 is 16.0 Å². The molecule has 1 aromatic heterocycles. The van der Waals surface area contributed by atoms with Crippen molar-refractivity contribution in [1.82, 2.24) is 16.0 Å². The minimum Gasteiger partial charge on any atom is -0.341 e. The Morgan fingerprint density at radius 3 is 2.57 bits per heavy atom. The molecule has 0 saturated carbocycles. The third kappa shape index (κ3) is 5.21. The molecule has 4 nitrogen and oxygen atoms in total. The predicted octanol–water partition coefficient (Wildman–Crippen LogP) is 2.82. The summed E-state index contributed by atoms with van der Waals surface area (Å²) < 4.78 is 0. The summed E-state index contributed by atoms with van der Waals surface area (Å²) in [4.78, 5) is 11.0. The SMILES string of the molecule is CNC(=O)NCCCNCc1ccc(-c2ccsc2)cc1. The van der Waals surface area contributed by atoms with E-state index in [0.717, 1.165) is 19.5 Å². The molecule has 3 N–H and O–H groups in total. The molecular weight excluding hydrogens is 282 g/mol. The molecule has 0 unspecified atom stereocenters. The number of nitrogens with one attached hydrogen (secondary N) is 3. The van der Waals surface area contributed by atoms with Gasteiger partial charge in [0.2, 0.25) is 0 Å². The standard InChI is InChI=1S/C16H21N3OS/c1-17-16(20)19-9-2-8-18-11-13-3-5-14(6-4-13)15-7-10-21-12-15/h3-7,10,12,18H,2,8-9,11H2,1H3,(H2,17,19,20). The van der Waals surface area contributed by atoms with E-state index in [4.69, 9.17) is 0 Å². The van der Waals surface area contributed by atoms with Crippen molar-refractivity contribution in [3.8, 4) is 11.1 Å². The summed E-state index contributed by atoms with van der Waals surface area (Å²) in [5.74, 6) is 0. The minimum atomic E-state index is -0.126. The molecule has 1 heterocycles. The van der Waals surface area contributed by atoms with Gasteiger partial charge in [0, 0.05) is 20.1 Å². The van der Waals surface area contributed by atoms with Crippen molar-refractivity contribution in [2.45, 2.75) is 13.0 Å². The van der Waals surface area contributed by atoms with Crippen molar-refractivity contribution in [1.29, 1.82) is 0 Å². The normalized spacial score (nSPS) is 10.3. The van der Waals surface area contributed by atoms with Gasteiger partial charge in [-0.25, -0.2) is 4.79 Å². The number of hydrogen-bond acceptors (Lipinski definition) is 3. The average Bonchev–Trinajstić information content (AvgIpc) is 3.05. The van der Waals surface area contributed by atoms with Gasteiger partial charge in [-0.1, -0.05) is 24.3 Å². The molecule has 5 heteroatoms. The fourth-order valence-corrected chi connectivity index (χ4v) is 2.65. The second-order valence-corrected chi connectivity index (χ2v) is 5.53. The molecule has 0 bridgehead atoms. The number of hydrogen-bond donors (Lipinski definition) is 3. The molecule has 0 fully saturated rings. The van der Waals surface area contributed by atoms with Crippen molar-refractivity contribution in [3.05, 3.63) is 46.7 Å². The van der Waals surface area contributed by atoms with Crippen LogP contribution in [0.5, 0.6) is 0 Å². The topological polar surface area (TPSA) is 53.2 Å². The number of carbonyl (C=O) groups excluding carboxylic acids is 1. The van der Waals surface area contributed by atoms with Crippen LogP contribution in [-0.4, -0.2) is 26.2 Å². The fourth-order valence-electron chi connectivity index (χ4n) is 1.98. The monoisotopic (exact) mass is 303 g/mol. The van der Waals surface area contributed by atoms with E-state index in [0.29, 0.717) is 6.54 Å². The van der Waals surface area contributed by atoms with Crippen molar-refractivity contribution in [2.75, 3.05) is 20.1 Å². The molecule has 0 aliphatic rings. The Hall–Kier alpha value is -1.85. The van der Waals surface area contributed by atoms with Gasteiger partial charge in [0.05, 0.1) is 0 Å². The highest BCUT2D eigenvalue weighted by atomic mass is 32.1. The minimum absolute atomic E-state index is 0.126. The van der Waals surface area contributed by atoms with E-state index in [9.17, 15) is 4.79 Å². The fraction of sp³-hybridized carbons (Fsp3) is 0.312. The van der Waals surface area contributed by atoms with Gasteiger partial charge in [-0.2, -0.15) is 11.3 Å². The maximum Gasteiger partial charge on any atom is 0.314 e. The zero-order chi connectivity index (χ0) is 14.9. The summed E-state index contributed by atoms with van der Waals surface area (Å²) in [6.45, 7) is 2.42. The lowest BCUT2D eigenvalue weighted by molar-refractivity contribution is 0.242. The van der Waals surface area contributed by atoms with Crippen molar-refractivity contribution in [3.63, 3.8) is 0 Å². The molecule has 0 atom stereocenters. The van der Waals surface area contributed by atoms with Crippen LogP contribution in [0.3, 0.4) is 0 Å². The summed E-state index contributed by atoms with van der Waals surface area (Å²) >= 11 is 1.72. The van der Waals surface area contributed by atoms with Gasteiger partial charge in [0.1, 0.15) is 0 Å². The molecule has 2 amide bonds. The van der Waals surface area contributed by atoms with Gasteiger partial charge >= 0.3 is 6.03 Å². The second kappa shape index (κ2) is 8.44. The number of amides is 2. The summed E-state index contributed by atoms with van der Waals surface area (Å²) in [7, 11) is 1.62. The Kier molecular flexibility index (Phi) is 6.24. The van der Waals surface area contributed by atoms with Crippen LogP contribution >= 0.6 is 11.3 Å². The van der Waals surface area contributed by atoms with E-state index >= 15 is 0 Å². The Morgan fingerprint density at radius 1 is 1.10 bits per heavy atom.